The Morgan fingerprint density at radius 1 is 1.06 bits per heavy atom. The van der Waals surface area contributed by atoms with E-state index in [2.05, 4.69) is 24.1 Å². The highest BCUT2D eigenvalue weighted by Crippen LogP contribution is 2.31. The van der Waals surface area contributed by atoms with E-state index in [1.54, 1.807) is 0 Å². The molecule has 2 rings (SSSR count). The molecule has 18 heavy (non-hydrogen) atoms. The molecule has 1 aliphatic carbocycles. The zero-order chi connectivity index (χ0) is 12.8. The van der Waals surface area contributed by atoms with Crippen LogP contribution in [0.15, 0.2) is 0 Å². The first-order chi connectivity index (χ1) is 8.81. The van der Waals surface area contributed by atoms with Crippen molar-refractivity contribution in [1.29, 1.82) is 0 Å². The maximum absolute atomic E-state index is 3.66. The summed E-state index contributed by atoms with van der Waals surface area (Å²) < 4.78 is 0. The highest BCUT2D eigenvalue weighted by molar-refractivity contribution is 4.81. The Morgan fingerprint density at radius 2 is 1.78 bits per heavy atom. The van der Waals surface area contributed by atoms with E-state index in [4.69, 9.17) is 0 Å². The average Bonchev–Trinajstić information content (AvgIpc) is 2.40. The lowest BCUT2D eigenvalue weighted by atomic mass is 9.80. The quantitative estimate of drug-likeness (QED) is 0.808. The van der Waals surface area contributed by atoms with Crippen molar-refractivity contribution in [2.24, 2.45) is 11.8 Å². The van der Waals surface area contributed by atoms with Crippen LogP contribution in [-0.4, -0.2) is 37.1 Å². The van der Waals surface area contributed by atoms with Gasteiger partial charge in [-0.05, 0) is 31.1 Å². The van der Waals surface area contributed by atoms with E-state index < -0.39 is 0 Å². The fourth-order valence-corrected chi connectivity index (χ4v) is 3.79. The van der Waals surface area contributed by atoms with Crippen molar-refractivity contribution in [3.63, 3.8) is 0 Å². The van der Waals surface area contributed by atoms with E-state index >= 15 is 0 Å². The molecule has 1 N–H and O–H groups in total. The standard InChI is InChI=1S/C16H32N2/c1-3-5-16-13-18(11-10-17-16)12-15-8-6-14(4-2)7-9-15/h14-17H,3-13H2,1-2H3. The van der Waals surface area contributed by atoms with Gasteiger partial charge in [-0.1, -0.05) is 39.5 Å². The van der Waals surface area contributed by atoms with Gasteiger partial charge in [0.2, 0.25) is 0 Å². The Labute approximate surface area is 114 Å². The Morgan fingerprint density at radius 3 is 2.44 bits per heavy atom. The van der Waals surface area contributed by atoms with Crippen molar-refractivity contribution < 1.29 is 0 Å². The molecular weight excluding hydrogens is 220 g/mol. The largest absolute Gasteiger partial charge is 0.311 e. The highest BCUT2D eigenvalue weighted by Gasteiger charge is 2.24. The zero-order valence-corrected chi connectivity index (χ0v) is 12.5. The Bertz CT molecular complexity index is 219. The summed E-state index contributed by atoms with van der Waals surface area (Å²) in [6.45, 7) is 9.80. The third-order valence-corrected chi connectivity index (χ3v) is 5.04. The fraction of sp³-hybridized carbons (Fsp3) is 1.00. The smallest absolute Gasteiger partial charge is 0.0195 e. The minimum Gasteiger partial charge on any atom is -0.311 e. The molecule has 0 spiro atoms. The minimum atomic E-state index is 0.760. The third-order valence-electron chi connectivity index (χ3n) is 5.04. The van der Waals surface area contributed by atoms with E-state index in [1.165, 1.54) is 71.1 Å². The minimum absolute atomic E-state index is 0.760. The molecule has 1 atom stereocenters. The maximum atomic E-state index is 3.66. The summed E-state index contributed by atoms with van der Waals surface area (Å²) in [6.07, 6.45) is 10.0. The molecule has 2 aliphatic rings. The molecule has 1 saturated carbocycles. The SMILES string of the molecule is CCCC1CN(CC2CCC(CC)CC2)CCN1. The van der Waals surface area contributed by atoms with Crippen molar-refractivity contribution in [2.45, 2.75) is 64.8 Å². The van der Waals surface area contributed by atoms with Gasteiger partial charge in [0.05, 0.1) is 0 Å². The normalized spacial score (nSPS) is 34.7. The molecule has 2 heteroatoms. The molecule has 0 aromatic rings. The first kappa shape index (κ1) is 14.3. The summed E-state index contributed by atoms with van der Waals surface area (Å²) in [6, 6.07) is 0.760. The first-order valence-corrected chi connectivity index (χ1v) is 8.27. The van der Waals surface area contributed by atoms with Gasteiger partial charge in [-0.15, -0.1) is 0 Å². The van der Waals surface area contributed by atoms with Crippen molar-refractivity contribution >= 4 is 0 Å². The maximum Gasteiger partial charge on any atom is 0.0195 e. The number of nitrogens with zero attached hydrogens (tertiary/aromatic N) is 1. The van der Waals surface area contributed by atoms with Crippen LogP contribution >= 0.6 is 0 Å². The molecule has 0 radical (unpaired) electrons. The summed E-state index contributed by atoms with van der Waals surface area (Å²) in [5.74, 6) is 2.03. The van der Waals surface area contributed by atoms with Gasteiger partial charge in [0.15, 0.2) is 0 Å². The van der Waals surface area contributed by atoms with Crippen LogP contribution in [0.25, 0.3) is 0 Å². The fourth-order valence-electron chi connectivity index (χ4n) is 3.79. The zero-order valence-electron chi connectivity index (χ0n) is 12.5. The van der Waals surface area contributed by atoms with Gasteiger partial charge >= 0.3 is 0 Å². The summed E-state index contributed by atoms with van der Waals surface area (Å²) in [5.41, 5.74) is 0. The summed E-state index contributed by atoms with van der Waals surface area (Å²) in [5, 5.41) is 3.66. The van der Waals surface area contributed by atoms with Crippen molar-refractivity contribution in [1.82, 2.24) is 10.2 Å². The van der Waals surface area contributed by atoms with Gasteiger partial charge in [-0.3, -0.25) is 0 Å². The topological polar surface area (TPSA) is 15.3 Å². The lowest BCUT2D eigenvalue weighted by Crippen LogP contribution is -2.51. The molecule has 0 aromatic heterocycles. The van der Waals surface area contributed by atoms with E-state index in [-0.39, 0.29) is 0 Å². The van der Waals surface area contributed by atoms with Crippen molar-refractivity contribution in [3.8, 4) is 0 Å². The Kier molecular flexibility index (Phi) is 5.97. The van der Waals surface area contributed by atoms with Gasteiger partial charge < -0.3 is 10.2 Å². The monoisotopic (exact) mass is 252 g/mol. The second-order valence-corrected chi connectivity index (χ2v) is 6.49. The van der Waals surface area contributed by atoms with Crippen LogP contribution in [0.4, 0.5) is 0 Å². The third kappa shape index (κ3) is 4.24. The highest BCUT2D eigenvalue weighted by atomic mass is 15.2. The van der Waals surface area contributed by atoms with Gasteiger partial charge in [0.1, 0.15) is 0 Å². The predicted molar refractivity (Wildman–Crippen MR) is 78.9 cm³/mol. The summed E-state index contributed by atoms with van der Waals surface area (Å²) in [4.78, 5) is 2.73. The lowest BCUT2D eigenvalue weighted by Gasteiger charge is -2.37. The van der Waals surface area contributed by atoms with Crippen LogP contribution in [0.2, 0.25) is 0 Å². The second kappa shape index (κ2) is 7.49. The predicted octanol–water partition coefficient (Wildman–Crippen LogP) is 3.28. The van der Waals surface area contributed by atoms with Crippen molar-refractivity contribution in [2.75, 3.05) is 26.2 Å². The molecular formula is C16H32N2. The number of nitrogens with one attached hydrogen (secondary N) is 1. The van der Waals surface area contributed by atoms with E-state index in [0.717, 1.165) is 17.9 Å². The van der Waals surface area contributed by atoms with Gasteiger partial charge in [-0.2, -0.15) is 0 Å². The molecule has 106 valence electrons. The van der Waals surface area contributed by atoms with Crippen LogP contribution in [0.5, 0.6) is 0 Å². The molecule has 0 bridgehead atoms. The number of rotatable bonds is 5. The molecule has 2 nitrogen and oxygen atoms in total. The van der Waals surface area contributed by atoms with Crippen LogP contribution in [0, 0.1) is 11.8 Å². The Balaban J connectivity index is 1.69. The van der Waals surface area contributed by atoms with Gasteiger partial charge in [0.25, 0.3) is 0 Å². The molecule has 1 aliphatic heterocycles. The van der Waals surface area contributed by atoms with E-state index in [0.29, 0.717) is 0 Å². The molecule has 0 amide bonds. The molecule has 1 saturated heterocycles. The van der Waals surface area contributed by atoms with Crippen LogP contribution in [0.1, 0.15) is 58.8 Å². The van der Waals surface area contributed by atoms with Crippen molar-refractivity contribution in [3.05, 3.63) is 0 Å². The van der Waals surface area contributed by atoms with Gasteiger partial charge in [0, 0.05) is 32.2 Å². The lowest BCUT2D eigenvalue weighted by molar-refractivity contribution is 0.141. The molecule has 0 aromatic carbocycles. The Hall–Kier alpha value is -0.0800. The first-order valence-electron chi connectivity index (χ1n) is 8.27. The second-order valence-electron chi connectivity index (χ2n) is 6.49. The summed E-state index contributed by atoms with van der Waals surface area (Å²) >= 11 is 0. The summed E-state index contributed by atoms with van der Waals surface area (Å²) in [7, 11) is 0. The van der Waals surface area contributed by atoms with Crippen LogP contribution in [0.3, 0.4) is 0 Å². The molecule has 1 unspecified atom stereocenters. The number of hydrogen-bond donors (Lipinski definition) is 1. The molecule has 1 heterocycles. The number of hydrogen-bond acceptors (Lipinski definition) is 2. The van der Waals surface area contributed by atoms with Crippen LogP contribution < -0.4 is 5.32 Å². The van der Waals surface area contributed by atoms with Crippen LogP contribution in [-0.2, 0) is 0 Å². The van der Waals surface area contributed by atoms with E-state index in [1.807, 2.05) is 0 Å². The number of piperazine rings is 1. The van der Waals surface area contributed by atoms with Gasteiger partial charge in [-0.25, -0.2) is 0 Å². The van der Waals surface area contributed by atoms with E-state index in [9.17, 15) is 0 Å². The molecule has 2 fully saturated rings. The average molecular weight is 252 g/mol.